The van der Waals surface area contributed by atoms with E-state index in [1.54, 1.807) is 7.11 Å². The van der Waals surface area contributed by atoms with E-state index in [9.17, 15) is 4.79 Å². The van der Waals surface area contributed by atoms with Gasteiger partial charge in [0.1, 0.15) is 6.04 Å². The lowest BCUT2D eigenvalue weighted by Gasteiger charge is -2.32. The molecule has 0 aromatic carbocycles. The quantitative estimate of drug-likeness (QED) is 0.674. The van der Waals surface area contributed by atoms with Gasteiger partial charge in [0, 0.05) is 13.0 Å². The molecule has 1 heterocycles. The molecule has 0 radical (unpaired) electrons. The van der Waals surface area contributed by atoms with Gasteiger partial charge in [0.25, 0.3) is 0 Å². The van der Waals surface area contributed by atoms with E-state index in [4.69, 9.17) is 9.84 Å². The van der Waals surface area contributed by atoms with Crippen molar-refractivity contribution in [2.45, 2.75) is 31.9 Å². The second kappa shape index (κ2) is 3.64. The minimum absolute atomic E-state index is 0.0509. The highest BCUT2D eigenvalue weighted by Gasteiger charge is 2.42. The number of hydrogen-bond donors (Lipinski definition) is 2. The SMILES string of the molecule is COC(C)(C)C1CCNC1C(=O)O. The molecule has 1 rings (SSSR count). The molecule has 1 saturated heterocycles. The van der Waals surface area contributed by atoms with Crippen molar-refractivity contribution in [1.82, 2.24) is 5.32 Å². The fourth-order valence-electron chi connectivity index (χ4n) is 1.86. The zero-order valence-electron chi connectivity index (χ0n) is 8.33. The molecule has 4 heteroatoms. The maximum absolute atomic E-state index is 10.9. The van der Waals surface area contributed by atoms with E-state index in [0.29, 0.717) is 0 Å². The molecule has 1 aliphatic heterocycles. The van der Waals surface area contributed by atoms with Gasteiger partial charge in [-0.15, -0.1) is 0 Å². The predicted octanol–water partition coefficient (Wildman–Crippen LogP) is 0.474. The summed E-state index contributed by atoms with van der Waals surface area (Å²) in [6.45, 7) is 4.62. The predicted molar refractivity (Wildman–Crippen MR) is 48.6 cm³/mol. The summed E-state index contributed by atoms with van der Waals surface area (Å²) < 4.78 is 5.30. The molecule has 1 aliphatic rings. The lowest BCUT2D eigenvalue weighted by Crippen LogP contribution is -2.45. The molecule has 13 heavy (non-hydrogen) atoms. The van der Waals surface area contributed by atoms with Crippen LogP contribution in [0, 0.1) is 5.92 Å². The Morgan fingerprint density at radius 2 is 2.23 bits per heavy atom. The molecule has 1 fully saturated rings. The Labute approximate surface area is 78.3 Å². The molecule has 4 nitrogen and oxygen atoms in total. The number of carbonyl (C=O) groups is 1. The average molecular weight is 187 g/mol. The fraction of sp³-hybridized carbons (Fsp3) is 0.889. The van der Waals surface area contributed by atoms with Crippen molar-refractivity contribution < 1.29 is 14.6 Å². The Balaban J connectivity index is 2.73. The van der Waals surface area contributed by atoms with Gasteiger partial charge in [-0.25, -0.2) is 0 Å². The molecular formula is C9H17NO3. The molecule has 0 aromatic heterocycles. The van der Waals surface area contributed by atoms with Gasteiger partial charge >= 0.3 is 5.97 Å². The molecule has 0 bridgehead atoms. The highest BCUT2D eigenvalue weighted by molar-refractivity contribution is 5.74. The van der Waals surface area contributed by atoms with Crippen molar-refractivity contribution in [2.75, 3.05) is 13.7 Å². The summed E-state index contributed by atoms with van der Waals surface area (Å²) >= 11 is 0. The monoisotopic (exact) mass is 187 g/mol. The van der Waals surface area contributed by atoms with Crippen LogP contribution in [0.3, 0.4) is 0 Å². The van der Waals surface area contributed by atoms with Crippen molar-refractivity contribution in [2.24, 2.45) is 5.92 Å². The number of ether oxygens (including phenoxy) is 1. The van der Waals surface area contributed by atoms with Gasteiger partial charge in [-0.3, -0.25) is 4.79 Å². The Bertz CT molecular complexity index is 203. The van der Waals surface area contributed by atoms with E-state index in [2.05, 4.69) is 5.32 Å². The molecule has 2 unspecified atom stereocenters. The standard InChI is InChI=1S/C9H17NO3/c1-9(2,13-3)6-4-5-10-7(6)8(11)12/h6-7,10H,4-5H2,1-3H3,(H,11,12). The number of carboxylic acids is 1. The van der Waals surface area contributed by atoms with Crippen LogP contribution >= 0.6 is 0 Å². The van der Waals surface area contributed by atoms with Crippen molar-refractivity contribution in [3.05, 3.63) is 0 Å². The maximum Gasteiger partial charge on any atom is 0.321 e. The van der Waals surface area contributed by atoms with Crippen LogP contribution < -0.4 is 5.32 Å². The normalized spacial score (nSPS) is 29.2. The number of rotatable bonds is 3. The molecule has 0 aromatic rings. The van der Waals surface area contributed by atoms with Crippen molar-refractivity contribution in [1.29, 1.82) is 0 Å². The van der Waals surface area contributed by atoms with Crippen molar-refractivity contribution >= 4 is 5.97 Å². The molecular weight excluding hydrogens is 170 g/mol. The Hall–Kier alpha value is -0.610. The molecule has 2 atom stereocenters. The number of carboxylic acid groups (broad SMARTS) is 1. The first-order chi connectivity index (χ1) is 5.99. The lowest BCUT2D eigenvalue weighted by molar-refractivity contribution is -0.143. The topological polar surface area (TPSA) is 58.6 Å². The maximum atomic E-state index is 10.9. The van der Waals surface area contributed by atoms with Gasteiger partial charge < -0.3 is 15.2 Å². The molecule has 76 valence electrons. The number of aliphatic carboxylic acids is 1. The van der Waals surface area contributed by atoms with E-state index in [1.807, 2.05) is 13.8 Å². The van der Waals surface area contributed by atoms with Gasteiger partial charge in [0.05, 0.1) is 5.60 Å². The van der Waals surface area contributed by atoms with E-state index in [-0.39, 0.29) is 11.5 Å². The van der Waals surface area contributed by atoms with E-state index in [1.165, 1.54) is 0 Å². The summed E-state index contributed by atoms with van der Waals surface area (Å²) in [6, 6.07) is -0.463. The third-order valence-electron chi connectivity index (χ3n) is 2.91. The fourth-order valence-corrected chi connectivity index (χ4v) is 1.86. The van der Waals surface area contributed by atoms with Crippen LogP contribution in [-0.2, 0) is 9.53 Å². The Morgan fingerprint density at radius 3 is 2.69 bits per heavy atom. The number of methoxy groups -OCH3 is 1. The lowest BCUT2D eigenvalue weighted by atomic mass is 9.85. The zero-order valence-corrected chi connectivity index (χ0v) is 8.33. The third kappa shape index (κ3) is 2.00. The van der Waals surface area contributed by atoms with Crippen LogP contribution in [0.15, 0.2) is 0 Å². The number of hydrogen-bond acceptors (Lipinski definition) is 3. The molecule has 0 spiro atoms. The highest BCUT2D eigenvalue weighted by atomic mass is 16.5. The van der Waals surface area contributed by atoms with Gasteiger partial charge in [0.15, 0.2) is 0 Å². The first-order valence-electron chi connectivity index (χ1n) is 4.50. The number of nitrogens with one attached hydrogen (secondary N) is 1. The molecule has 0 amide bonds. The van der Waals surface area contributed by atoms with Crippen LogP contribution in [0.5, 0.6) is 0 Å². The van der Waals surface area contributed by atoms with Gasteiger partial charge in [0.2, 0.25) is 0 Å². The summed E-state index contributed by atoms with van der Waals surface area (Å²) in [5.74, 6) is -0.734. The second-order valence-corrected chi connectivity index (χ2v) is 3.97. The van der Waals surface area contributed by atoms with Crippen LogP contribution in [0.25, 0.3) is 0 Å². The van der Waals surface area contributed by atoms with Crippen LogP contribution in [-0.4, -0.2) is 36.4 Å². The van der Waals surface area contributed by atoms with Crippen LogP contribution in [0.4, 0.5) is 0 Å². The minimum atomic E-state index is -0.785. The summed E-state index contributed by atoms with van der Waals surface area (Å²) in [6.07, 6.45) is 0.859. The summed E-state index contributed by atoms with van der Waals surface area (Å²) in [4.78, 5) is 10.9. The highest BCUT2D eigenvalue weighted by Crippen LogP contribution is 2.30. The third-order valence-corrected chi connectivity index (χ3v) is 2.91. The summed E-state index contributed by atoms with van der Waals surface area (Å²) in [5.41, 5.74) is -0.368. The van der Waals surface area contributed by atoms with Crippen LogP contribution in [0.2, 0.25) is 0 Å². The van der Waals surface area contributed by atoms with Crippen molar-refractivity contribution in [3.63, 3.8) is 0 Å². The van der Waals surface area contributed by atoms with E-state index < -0.39 is 12.0 Å². The van der Waals surface area contributed by atoms with Crippen LogP contribution in [0.1, 0.15) is 20.3 Å². The largest absolute Gasteiger partial charge is 0.480 e. The minimum Gasteiger partial charge on any atom is -0.480 e. The van der Waals surface area contributed by atoms with E-state index in [0.717, 1.165) is 13.0 Å². The molecule has 0 saturated carbocycles. The second-order valence-electron chi connectivity index (χ2n) is 3.97. The van der Waals surface area contributed by atoms with Gasteiger partial charge in [-0.2, -0.15) is 0 Å². The van der Waals surface area contributed by atoms with Gasteiger partial charge in [-0.05, 0) is 26.8 Å². The van der Waals surface area contributed by atoms with Crippen molar-refractivity contribution in [3.8, 4) is 0 Å². The first-order valence-corrected chi connectivity index (χ1v) is 4.50. The van der Waals surface area contributed by atoms with Gasteiger partial charge in [-0.1, -0.05) is 0 Å². The summed E-state index contributed by atoms with van der Waals surface area (Å²) in [5, 5.41) is 11.9. The first kappa shape index (κ1) is 10.5. The zero-order chi connectivity index (χ0) is 10.1. The average Bonchev–Trinajstić information content (AvgIpc) is 2.52. The summed E-state index contributed by atoms with van der Waals surface area (Å²) in [7, 11) is 1.62. The van der Waals surface area contributed by atoms with E-state index >= 15 is 0 Å². The Morgan fingerprint density at radius 1 is 1.62 bits per heavy atom. The smallest absolute Gasteiger partial charge is 0.321 e. The Kier molecular flexibility index (Phi) is 2.93. The molecule has 2 N–H and O–H groups in total. The molecule has 0 aliphatic carbocycles.